The summed E-state index contributed by atoms with van der Waals surface area (Å²) in [5.41, 5.74) is 5.14. The van der Waals surface area contributed by atoms with E-state index in [9.17, 15) is 4.79 Å². The predicted molar refractivity (Wildman–Crippen MR) is 123 cm³/mol. The summed E-state index contributed by atoms with van der Waals surface area (Å²) in [6, 6.07) is 29.5. The van der Waals surface area contributed by atoms with Crippen LogP contribution in [0.15, 0.2) is 97.2 Å². The molecule has 5 heteroatoms. The molecule has 0 spiro atoms. The molecule has 4 aromatic rings. The molecule has 2 heterocycles. The Balaban J connectivity index is 1.59. The third kappa shape index (κ3) is 3.71. The Kier molecular flexibility index (Phi) is 5.23. The van der Waals surface area contributed by atoms with Gasteiger partial charge in [0.1, 0.15) is 6.04 Å². The van der Waals surface area contributed by atoms with Crippen molar-refractivity contribution in [2.24, 2.45) is 0 Å². The van der Waals surface area contributed by atoms with Crippen molar-refractivity contribution >= 4 is 17.6 Å². The summed E-state index contributed by atoms with van der Waals surface area (Å²) in [5.74, 6) is 0. The van der Waals surface area contributed by atoms with E-state index >= 15 is 0 Å². The number of hydrogen-bond donors (Lipinski definition) is 1. The van der Waals surface area contributed by atoms with Gasteiger partial charge >= 0.3 is 6.03 Å². The smallest absolute Gasteiger partial charge is 0.318 e. The zero-order valence-corrected chi connectivity index (χ0v) is 17.7. The molecule has 1 N–H and O–H groups in total. The van der Waals surface area contributed by atoms with E-state index < -0.39 is 0 Å². The summed E-state index contributed by atoms with van der Waals surface area (Å²) < 4.78 is 2.16. The lowest BCUT2D eigenvalue weighted by Gasteiger charge is -2.31. The number of rotatable bonds is 3. The van der Waals surface area contributed by atoms with Crippen LogP contribution in [0, 0.1) is 0 Å². The van der Waals surface area contributed by atoms with Gasteiger partial charge in [0.15, 0.2) is 0 Å². The molecule has 0 radical (unpaired) electrons. The van der Waals surface area contributed by atoms with Gasteiger partial charge in [-0.2, -0.15) is 0 Å². The second-order valence-corrected chi connectivity index (χ2v) is 8.04. The first kappa shape index (κ1) is 19.5. The Morgan fingerprint density at radius 3 is 2.48 bits per heavy atom. The molecule has 0 fully saturated rings. The number of halogens is 1. The molecule has 1 atom stereocenters. The molecule has 154 valence electrons. The number of nitrogens with zero attached hydrogens (tertiary/aromatic N) is 2. The number of hydrogen-bond acceptors (Lipinski definition) is 1. The Morgan fingerprint density at radius 1 is 0.903 bits per heavy atom. The zero-order chi connectivity index (χ0) is 21.2. The van der Waals surface area contributed by atoms with Crippen molar-refractivity contribution in [2.75, 3.05) is 0 Å². The first-order chi connectivity index (χ1) is 15.2. The van der Waals surface area contributed by atoms with Gasteiger partial charge in [0.05, 0.1) is 17.9 Å². The minimum atomic E-state index is -0.313. The standard InChI is InChI=1S/C26H22ClN3O/c27-22-13-6-5-12-21(22)25-24-15-8-16-29(24)23-14-7-4-11-20(23)18-30(25)26(31)28-17-19-9-2-1-3-10-19/h1-16,25H,17-18H2,(H,28,31)/t25-/m1/s1. The normalized spacial score (nSPS) is 15.0. The molecule has 1 aromatic heterocycles. The number of nitrogens with one attached hydrogen (secondary N) is 1. The van der Waals surface area contributed by atoms with E-state index in [1.165, 1.54) is 0 Å². The summed E-state index contributed by atoms with van der Waals surface area (Å²) in [5, 5.41) is 3.75. The summed E-state index contributed by atoms with van der Waals surface area (Å²) in [4.78, 5) is 15.4. The molecule has 2 amide bonds. The highest BCUT2D eigenvalue weighted by molar-refractivity contribution is 6.31. The molecule has 1 aliphatic heterocycles. The molecule has 4 nitrogen and oxygen atoms in total. The molecule has 1 aliphatic rings. The average Bonchev–Trinajstić information content (AvgIpc) is 3.23. The zero-order valence-electron chi connectivity index (χ0n) is 16.9. The van der Waals surface area contributed by atoms with Crippen molar-refractivity contribution in [3.05, 3.63) is 125 Å². The van der Waals surface area contributed by atoms with E-state index in [0.717, 1.165) is 28.1 Å². The Bertz CT molecular complexity index is 1220. The number of carbonyl (C=O) groups is 1. The van der Waals surface area contributed by atoms with Gasteiger partial charge in [-0.15, -0.1) is 0 Å². The maximum atomic E-state index is 13.5. The number of benzene rings is 3. The molecule has 0 aliphatic carbocycles. The van der Waals surface area contributed by atoms with E-state index in [-0.39, 0.29) is 12.1 Å². The quantitative estimate of drug-likeness (QED) is 0.431. The number of amides is 2. The van der Waals surface area contributed by atoms with Crippen LogP contribution in [0.3, 0.4) is 0 Å². The van der Waals surface area contributed by atoms with Crippen molar-refractivity contribution < 1.29 is 4.79 Å². The van der Waals surface area contributed by atoms with Crippen molar-refractivity contribution in [2.45, 2.75) is 19.1 Å². The van der Waals surface area contributed by atoms with Gasteiger partial charge in [0.25, 0.3) is 0 Å². The lowest BCUT2D eigenvalue weighted by Crippen LogP contribution is -2.41. The van der Waals surface area contributed by atoms with Gasteiger partial charge in [-0.1, -0.05) is 78.3 Å². The molecule has 3 aromatic carbocycles. The molecule has 31 heavy (non-hydrogen) atoms. The van der Waals surface area contributed by atoms with Gasteiger partial charge in [0, 0.05) is 17.8 Å². The highest BCUT2D eigenvalue weighted by Gasteiger charge is 2.33. The van der Waals surface area contributed by atoms with Crippen molar-refractivity contribution in [1.29, 1.82) is 0 Å². The van der Waals surface area contributed by atoms with Gasteiger partial charge in [-0.05, 0) is 41.0 Å². The monoisotopic (exact) mass is 427 g/mol. The SMILES string of the molecule is O=C(NCc1ccccc1)N1Cc2ccccc2-n2cccc2[C@H]1c1ccccc1Cl. The fourth-order valence-electron chi connectivity index (χ4n) is 4.24. The number of aromatic nitrogens is 1. The Morgan fingerprint density at radius 2 is 1.65 bits per heavy atom. The van der Waals surface area contributed by atoms with E-state index in [0.29, 0.717) is 18.1 Å². The Hall–Kier alpha value is -3.50. The largest absolute Gasteiger partial charge is 0.334 e. The van der Waals surface area contributed by atoms with Gasteiger partial charge in [-0.25, -0.2) is 4.79 Å². The van der Waals surface area contributed by atoms with E-state index in [1.54, 1.807) is 0 Å². The van der Waals surface area contributed by atoms with Crippen molar-refractivity contribution in [1.82, 2.24) is 14.8 Å². The van der Waals surface area contributed by atoms with Crippen LogP contribution in [0.25, 0.3) is 5.69 Å². The van der Waals surface area contributed by atoms with Crippen LogP contribution in [0.2, 0.25) is 5.02 Å². The average molecular weight is 428 g/mol. The van der Waals surface area contributed by atoms with Crippen molar-refractivity contribution in [3.8, 4) is 5.69 Å². The molecular weight excluding hydrogens is 406 g/mol. The summed E-state index contributed by atoms with van der Waals surface area (Å²) in [7, 11) is 0. The second-order valence-electron chi connectivity index (χ2n) is 7.63. The van der Waals surface area contributed by atoms with Gasteiger partial charge < -0.3 is 14.8 Å². The minimum absolute atomic E-state index is 0.127. The molecular formula is C26H22ClN3O. The van der Waals surface area contributed by atoms with Crippen LogP contribution in [0.5, 0.6) is 0 Å². The highest BCUT2D eigenvalue weighted by Crippen LogP contribution is 2.38. The lowest BCUT2D eigenvalue weighted by molar-refractivity contribution is 0.180. The fourth-order valence-corrected chi connectivity index (χ4v) is 4.48. The predicted octanol–water partition coefficient (Wildman–Crippen LogP) is 5.95. The minimum Gasteiger partial charge on any atom is -0.334 e. The first-order valence-electron chi connectivity index (χ1n) is 10.3. The van der Waals surface area contributed by atoms with Crippen LogP contribution >= 0.6 is 11.6 Å². The number of carbonyl (C=O) groups excluding carboxylic acids is 1. The third-order valence-corrected chi connectivity index (χ3v) is 6.06. The van der Waals surface area contributed by atoms with Crippen LogP contribution in [-0.2, 0) is 13.1 Å². The molecule has 0 saturated heterocycles. The number of urea groups is 1. The number of fused-ring (bicyclic) bond motifs is 3. The topological polar surface area (TPSA) is 37.3 Å². The third-order valence-electron chi connectivity index (χ3n) is 5.71. The van der Waals surface area contributed by atoms with Crippen LogP contribution in [0.4, 0.5) is 4.79 Å². The van der Waals surface area contributed by atoms with Crippen LogP contribution < -0.4 is 5.32 Å². The highest BCUT2D eigenvalue weighted by atomic mass is 35.5. The number of para-hydroxylation sites is 1. The molecule has 0 bridgehead atoms. The summed E-state index contributed by atoms with van der Waals surface area (Å²) >= 11 is 6.63. The van der Waals surface area contributed by atoms with Crippen LogP contribution in [0.1, 0.15) is 28.4 Å². The lowest BCUT2D eigenvalue weighted by atomic mass is 10.0. The Labute approximate surface area is 186 Å². The maximum absolute atomic E-state index is 13.5. The van der Waals surface area contributed by atoms with E-state index in [4.69, 9.17) is 11.6 Å². The fraction of sp³-hybridized carbons (Fsp3) is 0.115. The van der Waals surface area contributed by atoms with Crippen molar-refractivity contribution in [3.63, 3.8) is 0 Å². The van der Waals surface area contributed by atoms with Gasteiger partial charge in [-0.3, -0.25) is 0 Å². The summed E-state index contributed by atoms with van der Waals surface area (Å²) in [6.07, 6.45) is 2.05. The van der Waals surface area contributed by atoms with Gasteiger partial charge in [0.2, 0.25) is 0 Å². The first-order valence-corrected chi connectivity index (χ1v) is 10.7. The molecule has 0 unspecified atom stereocenters. The second kappa shape index (κ2) is 8.32. The van der Waals surface area contributed by atoms with E-state index in [1.807, 2.05) is 83.9 Å². The summed E-state index contributed by atoms with van der Waals surface area (Å²) in [6.45, 7) is 0.947. The molecule has 0 saturated carbocycles. The van der Waals surface area contributed by atoms with Crippen LogP contribution in [-0.4, -0.2) is 15.5 Å². The molecule has 5 rings (SSSR count). The maximum Gasteiger partial charge on any atom is 0.318 e. The van der Waals surface area contributed by atoms with E-state index in [2.05, 4.69) is 28.1 Å².